The Bertz CT molecular complexity index is 627. The highest BCUT2D eigenvalue weighted by atomic mass is 35.5. The summed E-state index contributed by atoms with van der Waals surface area (Å²) in [5, 5.41) is 10.4. The summed E-state index contributed by atoms with van der Waals surface area (Å²) in [7, 11) is 0. The molecular weight excluding hydrogens is 276 g/mol. The molecule has 2 nitrogen and oxygen atoms in total. The number of hydrogen-bond donors (Lipinski definition) is 0. The van der Waals surface area contributed by atoms with E-state index in [1.807, 2.05) is 13.0 Å². The van der Waals surface area contributed by atoms with Crippen molar-refractivity contribution in [2.75, 3.05) is 0 Å². The van der Waals surface area contributed by atoms with Crippen LogP contribution in [-0.4, -0.2) is 4.98 Å². The first-order chi connectivity index (χ1) is 9.08. The second-order valence-corrected chi connectivity index (χ2v) is 5.73. The Labute approximate surface area is 122 Å². The molecule has 1 aromatic heterocycles. The molecule has 0 N–H and O–H groups in total. The van der Waals surface area contributed by atoms with Crippen molar-refractivity contribution in [1.29, 1.82) is 5.26 Å². The summed E-state index contributed by atoms with van der Waals surface area (Å²) in [6, 6.07) is 11.6. The van der Waals surface area contributed by atoms with E-state index in [4.69, 9.17) is 16.9 Å². The molecule has 0 fully saturated rings. The molecule has 96 valence electrons. The third kappa shape index (κ3) is 3.73. The highest BCUT2D eigenvalue weighted by molar-refractivity contribution is 7.98. The summed E-state index contributed by atoms with van der Waals surface area (Å²) in [5.74, 6) is 0.750. The Morgan fingerprint density at radius 2 is 2.05 bits per heavy atom. The number of nitrogens with zero attached hydrogens (tertiary/aromatic N) is 2. The molecule has 0 saturated carbocycles. The quantitative estimate of drug-likeness (QED) is 0.779. The lowest BCUT2D eigenvalue weighted by atomic mass is 10.2. The third-order valence-electron chi connectivity index (χ3n) is 2.63. The second-order valence-electron chi connectivity index (χ2n) is 4.33. The van der Waals surface area contributed by atoms with Gasteiger partial charge >= 0.3 is 0 Å². The van der Waals surface area contributed by atoms with E-state index in [1.165, 1.54) is 5.56 Å². The van der Waals surface area contributed by atoms with Crippen LogP contribution in [0.5, 0.6) is 0 Å². The smallest absolute Gasteiger partial charge is 0.0992 e. The molecule has 0 spiro atoms. The van der Waals surface area contributed by atoms with Gasteiger partial charge in [0.15, 0.2) is 0 Å². The lowest BCUT2D eigenvalue weighted by molar-refractivity contribution is 1.05. The zero-order valence-corrected chi connectivity index (χ0v) is 12.3. The minimum Gasteiger partial charge on any atom is -0.247 e. The summed E-state index contributed by atoms with van der Waals surface area (Å²) in [5.41, 5.74) is 3.84. The van der Waals surface area contributed by atoms with Crippen LogP contribution in [0.25, 0.3) is 0 Å². The van der Waals surface area contributed by atoms with Crippen LogP contribution in [0.15, 0.2) is 35.4 Å². The molecule has 0 atom stereocenters. The van der Waals surface area contributed by atoms with E-state index in [0.717, 1.165) is 22.0 Å². The number of pyridine rings is 1. The molecule has 4 heteroatoms. The fourth-order valence-electron chi connectivity index (χ4n) is 1.76. The van der Waals surface area contributed by atoms with Crippen molar-refractivity contribution in [3.05, 3.63) is 57.7 Å². The van der Waals surface area contributed by atoms with Crippen molar-refractivity contribution in [2.45, 2.75) is 24.6 Å². The van der Waals surface area contributed by atoms with Crippen molar-refractivity contribution in [2.24, 2.45) is 0 Å². The third-order valence-corrected chi connectivity index (χ3v) is 3.94. The summed E-state index contributed by atoms with van der Waals surface area (Å²) in [6.45, 7) is 4.05. The number of halogens is 1. The molecule has 0 bridgehead atoms. The lowest BCUT2D eigenvalue weighted by Gasteiger charge is -2.06. The fourth-order valence-corrected chi connectivity index (χ4v) is 3.12. The topological polar surface area (TPSA) is 36.7 Å². The van der Waals surface area contributed by atoms with Gasteiger partial charge in [-0.05, 0) is 49.2 Å². The minimum absolute atomic E-state index is 0.586. The number of nitriles is 1. The molecule has 1 heterocycles. The standard InChI is InChI=1S/C15H13ClN2S/c1-10-5-11(2)18-15(6-10)19-9-13-4-3-12(8-17)7-14(13)16/h3-7H,9H2,1-2H3. The maximum absolute atomic E-state index is 8.80. The maximum Gasteiger partial charge on any atom is 0.0992 e. The SMILES string of the molecule is Cc1cc(C)nc(SCc2ccc(C#N)cc2Cl)c1. The predicted octanol–water partition coefficient (Wildman–Crippen LogP) is 4.52. The number of aromatic nitrogens is 1. The normalized spacial score (nSPS) is 10.2. The molecule has 0 amide bonds. The highest BCUT2D eigenvalue weighted by Gasteiger charge is 2.04. The zero-order chi connectivity index (χ0) is 13.8. The Balaban J connectivity index is 2.12. The molecule has 0 aliphatic rings. The van der Waals surface area contributed by atoms with E-state index in [2.05, 4.69) is 30.1 Å². The Kier molecular flexibility index (Phi) is 4.47. The van der Waals surface area contributed by atoms with Gasteiger partial charge in [0.05, 0.1) is 16.7 Å². The monoisotopic (exact) mass is 288 g/mol. The van der Waals surface area contributed by atoms with Gasteiger partial charge in [-0.15, -0.1) is 11.8 Å². The van der Waals surface area contributed by atoms with Crippen LogP contribution in [0.4, 0.5) is 0 Å². The largest absolute Gasteiger partial charge is 0.247 e. The van der Waals surface area contributed by atoms with Crippen LogP contribution in [0.3, 0.4) is 0 Å². The summed E-state index contributed by atoms with van der Waals surface area (Å²) in [6.07, 6.45) is 0. The molecule has 0 aliphatic carbocycles. The van der Waals surface area contributed by atoms with Crippen LogP contribution in [-0.2, 0) is 5.75 Å². The molecule has 1 aromatic carbocycles. The molecule has 0 unspecified atom stereocenters. The first-order valence-corrected chi connectivity index (χ1v) is 7.21. The van der Waals surface area contributed by atoms with Crippen LogP contribution in [0, 0.1) is 25.2 Å². The van der Waals surface area contributed by atoms with E-state index >= 15 is 0 Å². The van der Waals surface area contributed by atoms with Gasteiger partial charge in [-0.1, -0.05) is 17.7 Å². The van der Waals surface area contributed by atoms with Crippen LogP contribution < -0.4 is 0 Å². The van der Waals surface area contributed by atoms with Gasteiger partial charge in [-0.25, -0.2) is 4.98 Å². The Hall–Kier alpha value is -1.50. The van der Waals surface area contributed by atoms with E-state index in [0.29, 0.717) is 10.6 Å². The van der Waals surface area contributed by atoms with Gasteiger partial charge in [0.1, 0.15) is 0 Å². The van der Waals surface area contributed by atoms with Gasteiger partial charge < -0.3 is 0 Å². The molecule has 2 rings (SSSR count). The summed E-state index contributed by atoms with van der Waals surface area (Å²) in [4.78, 5) is 4.48. The Morgan fingerprint density at radius 3 is 2.68 bits per heavy atom. The van der Waals surface area contributed by atoms with Gasteiger partial charge in [-0.3, -0.25) is 0 Å². The maximum atomic E-state index is 8.80. The summed E-state index contributed by atoms with van der Waals surface area (Å²) >= 11 is 7.80. The minimum atomic E-state index is 0.586. The van der Waals surface area contributed by atoms with Crippen LogP contribution in [0.1, 0.15) is 22.4 Å². The number of hydrogen-bond acceptors (Lipinski definition) is 3. The van der Waals surface area contributed by atoms with Crippen molar-refractivity contribution in [3.8, 4) is 6.07 Å². The van der Waals surface area contributed by atoms with Crippen LogP contribution in [0.2, 0.25) is 5.02 Å². The van der Waals surface area contributed by atoms with E-state index in [9.17, 15) is 0 Å². The fraction of sp³-hybridized carbons (Fsp3) is 0.200. The molecule has 0 radical (unpaired) electrons. The number of rotatable bonds is 3. The highest BCUT2D eigenvalue weighted by Crippen LogP contribution is 2.27. The van der Waals surface area contributed by atoms with Gasteiger partial charge in [0.2, 0.25) is 0 Å². The van der Waals surface area contributed by atoms with Crippen molar-refractivity contribution >= 4 is 23.4 Å². The number of aryl methyl sites for hydroxylation is 2. The zero-order valence-electron chi connectivity index (χ0n) is 10.8. The molecule has 0 aliphatic heterocycles. The van der Waals surface area contributed by atoms with Crippen molar-refractivity contribution < 1.29 is 0 Å². The van der Waals surface area contributed by atoms with Gasteiger partial charge in [-0.2, -0.15) is 5.26 Å². The predicted molar refractivity (Wildman–Crippen MR) is 79.4 cm³/mol. The van der Waals surface area contributed by atoms with Crippen LogP contribution >= 0.6 is 23.4 Å². The number of thioether (sulfide) groups is 1. The average Bonchev–Trinajstić information content (AvgIpc) is 2.36. The molecule has 2 aromatic rings. The lowest BCUT2D eigenvalue weighted by Crippen LogP contribution is -1.89. The van der Waals surface area contributed by atoms with Crippen molar-refractivity contribution in [1.82, 2.24) is 4.98 Å². The van der Waals surface area contributed by atoms with E-state index in [-0.39, 0.29) is 0 Å². The average molecular weight is 289 g/mol. The number of benzene rings is 1. The van der Waals surface area contributed by atoms with Gasteiger partial charge in [0.25, 0.3) is 0 Å². The summed E-state index contributed by atoms with van der Waals surface area (Å²) < 4.78 is 0. The molecule has 0 saturated heterocycles. The van der Waals surface area contributed by atoms with E-state index in [1.54, 1.807) is 23.9 Å². The van der Waals surface area contributed by atoms with Crippen molar-refractivity contribution in [3.63, 3.8) is 0 Å². The van der Waals surface area contributed by atoms with E-state index < -0.39 is 0 Å². The second kappa shape index (κ2) is 6.10. The van der Waals surface area contributed by atoms with Gasteiger partial charge in [0, 0.05) is 16.5 Å². The molecular formula is C15H13ClN2S. The first kappa shape index (κ1) is 13.9. The Morgan fingerprint density at radius 1 is 1.26 bits per heavy atom. The first-order valence-electron chi connectivity index (χ1n) is 5.85. The molecule has 19 heavy (non-hydrogen) atoms.